The summed E-state index contributed by atoms with van der Waals surface area (Å²) in [4.78, 5) is 53.4. The molecular weight excluding hydrogens is 953 g/mol. The normalized spacial score (nSPS) is 16.3. The van der Waals surface area contributed by atoms with Gasteiger partial charge in [0.05, 0.1) is 27.2 Å². The minimum Gasteiger partial charge on any atom is -0.542 e. The molecule has 0 aliphatic carbocycles. The summed E-state index contributed by atoms with van der Waals surface area (Å²) in [5.74, 6) is -11.6. The van der Waals surface area contributed by atoms with Gasteiger partial charge in [0.25, 0.3) is 5.91 Å². The molecule has 0 spiro atoms. The molecule has 2 aliphatic rings. The lowest BCUT2D eigenvalue weighted by Gasteiger charge is -2.39. The molecule has 14 nitrogen and oxygen atoms in total. The van der Waals surface area contributed by atoms with Gasteiger partial charge in [-0.3, -0.25) is 14.6 Å². The lowest BCUT2D eigenvalue weighted by atomic mass is 10.00. The second-order valence-corrected chi connectivity index (χ2v) is 15.3. The lowest BCUT2D eigenvalue weighted by Crippen LogP contribution is -2.54. The highest BCUT2D eigenvalue weighted by Crippen LogP contribution is 2.26. The maximum absolute atomic E-state index is 14.9. The second-order valence-electron chi connectivity index (χ2n) is 15.3. The Morgan fingerprint density at radius 2 is 1.13 bits per heavy atom. The Labute approximate surface area is 379 Å². The van der Waals surface area contributed by atoms with Crippen LogP contribution in [0.25, 0.3) is 11.1 Å². The van der Waals surface area contributed by atoms with Crippen LogP contribution >= 0.6 is 0 Å². The number of alkyl halides is 12. The summed E-state index contributed by atoms with van der Waals surface area (Å²) >= 11 is 0. The van der Waals surface area contributed by atoms with Gasteiger partial charge in [-0.15, -0.1) is 0 Å². The summed E-state index contributed by atoms with van der Waals surface area (Å²) in [5, 5.41) is 36.7. The van der Waals surface area contributed by atoms with Gasteiger partial charge in [-0.05, 0) is 59.5 Å². The highest BCUT2D eigenvalue weighted by molar-refractivity contribution is 5.94. The van der Waals surface area contributed by atoms with Crippen LogP contribution in [0.3, 0.4) is 0 Å². The Bertz CT molecular complexity index is 2040. The molecule has 2 heterocycles. The maximum Gasteiger partial charge on any atom is 0.490 e. The number of benzene rings is 3. The third kappa shape index (κ3) is 23.6. The number of amides is 1. The number of halogens is 13. The van der Waals surface area contributed by atoms with Crippen LogP contribution in [0.4, 0.5) is 57.1 Å². The van der Waals surface area contributed by atoms with Crippen molar-refractivity contribution in [1.29, 1.82) is 0 Å². The number of likely N-dealkylation sites (N-methyl/N-ethyl adjacent to an activating group) is 1. The summed E-state index contributed by atoms with van der Waals surface area (Å²) in [6, 6.07) is 21.6. The predicted octanol–water partition coefficient (Wildman–Crippen LogP) is 5.31. The number of aliphatic carboxylic acids is 4. The number of carbonyl (C=O) groups excluding carboxylic acids is 2. The highest BCUT2D eigenvalue weighted by Gasteiger charge is 2.39. The van der Waals surface area contributed by atoms with Crippen LogP contribution in [0.2, 0.25) is 0 Å². The number of carboxylic acid groups (broad SMARTS) is 4. The monoisotopic (exact) mass is 999 g/mol. The van der Waals surface area contributed by atoms with Crippen LogP contribution in [-0.2, 0) is 38.8 Å². The number of carboxylic acids is 4. The average Bonchev–Trinajstić information content (AvgIpc) is 3.21. The average molecular weight is 1000 g/mol. The van der Waals surface area contributed by atoms with Gasteiger partial charge in [-0.25, -0.2) is 18.8 Å². The third-order valence-electron chi connectivity index (χ3n) is 9.18. The Morgan fingerprint density at radius 3 is 1.59 bits per heavy atom. The molecule has 0 saturated carbocycles. The van der Waals surface area contributed by atoms with E-state index in [4.69, 9.17) is 39.6 Å². The van der Waals surface area contributed by atoms with Crippen molar-refractivity contribution >= 4 is 29.8 Å². The predicted molar refractivity (Wildman–Crippen MR) is 211 cm³/mol. The van der Waals surface area contributed by atoms with Gasteiger partial charge >= 0.3 is 42.6 Å². The molecule has 3 aromatic rings. The third-order valence-corrected chi connectivity index (χ3v) is 9.18. The quantitative estimate of drug-likeness (QED) is 0.144. The standard InChI is InChI=1S/C33H42FN5O.4C2HF3O2/c1-25-22-38(13-12-35-25)24-27-6-4-8-29(18-27)31-20-26(10-11-32(31)34)21-36-33(40)30-9-5-7-28(19-30)23-37-14-16-39(2,3)17-15-37;4*3-2(4,5)1(6)7/h4-11,18-20,25,35H,12-17,21-24H2,1-3H3;4*(H,6,7)/t25-;;;;/m0..../s1. The Hall–Kier alpha value is -6.06. The topological polar surface area (TPSA) is 200 Å². The van der Waals surface area contributed by atoms with E-state index in [0.717, 1.165) is 80.1 Å². The number of carbonyl (C=O) groups is 5. The van der Waals surface area contributed by atoms with Crippen LogP contribution in [0, 0.1) is 5.82 Å². The molecule has 1 amide bonds. The maximum atomic E-state index is 14.9. The summed E-state index contributed by atoms with van der Waals surface area (Å²) in [6.07, 6.45) is -20.4. The van der Waals surface area contributed by atoms with E-state index >= 15 is 0 Å². The van der Waals surface area contributed by atoms with Crippen molar-refractivity contribution < 1.29 is 106 Å². The Balaban J connectivity index is 0.000000668. The van der Waals surface area contributed by atoms with Crippen molar-refractivity contribution in [3.8, 4) is 11.1 Å². The van der Waals surface area contributed by atoms with Crippen LogP contribution in [-0.4, -0.2) is 150 Å². The minimum absolute atomic E-state index is 0.114. The fourth-order valence-electron chi connectivity index (χ4n) is 5.71. The molecule has 0 aromatic heterocycles. The second kappa shape index (κ2) is 25.9. The number of piperazine rings is 2. The molecule has 5 N–H and O–H groups in total. The number of nitrogens with zero attached hydrogens (tertiary/aromatic N) is 3. The number of quaternary nitrogens is 1. The molecule has 0 unspecified atom stereocenters. The molecule has 2 fully saturated rings. The van der Waals surface area contributed by atoms with Gasteiger partial charge in [-0.2, -0.15) is 52.7 Å². The van der Waals surface area contributed by atoms with Crippen molar-refractivity contribution in [2.75, 3.05) is 59.9 Å². The van der Waals surface area contributed by atoms with Crippen LogP contribution in [0.15, 0.2) is 66.7 Å². The summed E-state index contributed by atoms with van der Waals surface area (Å²) in [7, 11) is 4.55. The molecule has 1 atom stereocenters. The lowest BCUT2D eigenvalue weighted by molar-refractivity contribution is -0.894. The SMILES string of the molecule is C[C@H]1CN(Cc2cccc(-c3cc(CNC(=O)c4cccc(CN5CC[N+](C)(C)CC5)c4)ccc3F)c2)CCN1.O=C(O)C(F)(F)F.O=C(O)C(F)(F)F.O=C(O)C(F)(F)F.O=C([O-])C(F)(F)F. The smallest absolute Gasteiger partial charge is 0.490 e. The minimum atomic E-state index is -5.19. The number of hydrogen-bond acceptors (Lipinski definition) is 9. The first-order valence-corrected chi connectivity index (χ1v) is 19.4. The van der Waals surface area contributed by atoms with E-state index in [2.05, 4.69) is 59.7 Å². The van der Waals surface area contributed by atoms with Crippen molar-refractivity contribution in [3.05, 3.63) is 94.8 Å². The van der Waals surface area contributed by atoms with Crippen molar-refractivity contribution in [2.24, 2.45) is 0 Å². The van der Waals surface area contributed by atoms with E-state index in [1.165, 1.54) is 11.6 Å². The molecule has 0 radical (unpaired) electrons. The van der Waals surface area contributed by atoms with Gasteiger partial charge in [0.15, 0.2) is 0 Å². The summed E-state index contributed by atoms with van der Waals surface area (Å²) in [6.45, 7) is 11.7. The van der Waals surface area contributed by atoms with E-state index in [0.29, 0.717) is 23.7 Å². The first-order chi connectivity index (χ1) is 31.0. The number of rotatable bonds is 8. The van der Waals surface area contributed by atoms with Crippen LogP contribution in [0.1, 0.15) is 34.0 Å². The molecule has 2 saturated heterocycles. The fourth-order valence-corrected chi connectivity index (χ4v) is 5.71. The van der Waals surface area contributed by atoms with Gasteiger partial charge in [-0.1, -0.05) is 36.4 Å². The fraction of sp³-hybridized carbons (Fsp3) is 0.439. The largest absolute Gasteiger partial charge is 0.542 e. The molecule has 68 heavy (non-hydrogen) atoms. The number of nitrogens with one attached hydrogen (secondary N) is 2. The van der Waals surface area contributed by atoms with Crippen LogP contribution < -0.4 is 15.7 Å². The van der Waals surface area contributed by atoms with Gasteiger partial charge in [0, 0.05) is 69.5 Å². The van der Waals surface area contributed by atoms with Gasteiger partial charge in [0.2, 0.25) is 0 Å². The highest BCUT2D eigenvalue weighted by atomic mass is 19.4. The number of hydrogen-bond donors (Lipinski definition) is 5. The van der Waals surface area contributed by atoms with Crippen molar-refractivity contribution in [2.45, 2.75) is 57.3 Å². The molecule has 3 aromatic carbocycles. The van der Waals surface area contributed by atoms with E-state index in [1.54, 1.807) is 6.07 Å². The first-order valence-electron chi connectivity index (χ1n) is 19.4. The molecule has 5 rings (SSSR count). The van der Waals surface area contributed by atoms with E-state index in [1.807, 2.05) is 36.4 Å². The first kappa shape index (κ1) is 60.0. The van der Waals surface area contributed by atoms with E-state index < -0.39 is 48.6 Å². The van der Waals surface area contributed by atoms with Crippen LogP contribution in [0.5, 0.6) is 0 Å². The zero-order valence-electron chi connectivity index (χ0n) is 36.0. The zero-order valence-corrected chi connectivity index (χ0v) is 36.0. The molecule has 0 bridgehead atoms. The molecular formula is C41H46F13N5O9. The molecule has 380 valence electrons. The summed E-state index contributed by atoms with van der Waals surface area (Å²) in [5.41, 5.74) is 5.28. The Morgan fingerprint density at radius 1 is 0.676 bits per heavy atom. The molecule has 27 heteroatoms. The van der Waals surface area contributed by atoms with E-state index in [9.17, 15) is 61.9 Å². The molecule has 2 aliphatic heterocycles. The zero-order chi connectivity index (χ0) is 52.4. The summed E-state index contributed by atoms with van der Waals surface area (Å²) < 4.78 is 143. The van der Waals surface area contributed by atoms with Crippen molar-refractivity contribution in [3.63, 3.8) is 0 Å². The van der Waals surface area contributed by atoms with Gasteiger partial charge < -0.3 is 40.3 Å². The van der Waals surface area contributed by atoms with Gasteiger partial charge in [0.1, 0.15) is 11.8 Å². The van der Waals surface area contributed by atoms with Crippen molar-refractivity contribution in [1.82, 2.24) is 20.4 Å². The Kier molecular flexibility index (Phi) is 22.8. The van der Waals surface area contributed by atoms with E-state index in [-0.39, 0.29) is 11.7 Å².